The summed E-state index contributed by atoms with van der Waals surface area (Å²) in [5.41, 5.74) is 2.03. The van der Waals surface area contributed by atoms with Gasteiger partial charge in [0.2, 0.25) is 5.91 Å². The smallest absolute Gasteiger partial charge is 0.262 e. The first-order valence-electron chi connectivity index (χ1n) is 7.44. The monoisotopic (exact) mass is 342 g/mol. The molecule has 0 saturated heterocycles. The van der Waals surface area contributed by atoms with Crippen LogP contribution in [0.15, 0.2) is 42.5 Å². The Morgan fingerprint density at radius 1 is 1.08 bits per heavy atom. The Balaban J connectivity index is 1.83. The topological polar surface area (TPSA) is 66.5 Å². The fourth-order valence-electron chi connectivity index (χ4n) is 2.64. The quantitative estimate of drug-likeness (QED) is 0.870. The first-order chi connectivity index (χ1) is 11.4. The van der Waals surface area contributed by atoms with Crippen LogP contribution < -0.4 is 5.32 Å². The molecule has 2 aromatic rings. The lowest BCUT2D eigenvalue weighted by Crippen LogP contribution is -2.45. The van der Waals surface area contributed by atoms with Gasteiger partial charge in [0, 0.05) is 10.7 Å². The number of aryl methyl sites for hydroxylation is 1. The number of amides is 3. The maximum Gasteiger partial charge on any atom is 0.262 e. The highest BCUT2D eigenvalue weighted by molar-refractivity contribution is 6.31. The number of carbonyl (C=O) groups excluding carboxylic acids is 3. The largest absolute Gasteiger partial charge is 0.324 e. The number of rotatable bonds is 3. The van der Waals surface area contributed by atoms with Crippen LogP contribution in [0.3, 0.4) is 0 Å². The van der Waals surface area contributed by atoms with Gasteiger partial charge in [0.05, 0.1) is 11.1 Å². The first kappa shape index (κ1) is 16.2. The van der Waals surface area contributed by atoms with Gasteiger partial charge in [0.1, 0.15) is 6.04 Å². The van der Waals surface area contributed by atoms with E-state index in [4.69, 9.17) is 11.6 Å². The maximum absolute atomic E-state index is 12.5. The molecule has 3 rings (SSSR count). The Bertz CT molecular complexity index is 828. The van der Waals surface area contributed by atoms with Crippen LogP contribution in [0, 0.1) is 6.92 Å². The second kappa shape index (κ2) is 6.09. The van der Waals surface area contributed by atoms with E-state index < -0.39 is 23.8 Å². The Morgan fingerprint density at radius 3 is 2.25 bits per heavy atom. The fourth-order valence-corrected chi connectivity index (χ4v) is 2.82. The lowest BCUT2D eigenvalue weighted by molar-refractivity contribution is -0.119. The summed E-state index contributed by atoms with van der Waals surface area (Å²) >= 11 is 5.94. The Kier molecular flexibility index (Phi) is 4.11. The van der Waals surface area contributed by atoms with E-state index in [1.54, 1.807) is 42.5 Å². The predicted molar refractivity (Wildman–Crippen MR) is 91.2 cm³/mol. The van der Waals surface area contributed by atoms with Crippen LogP contribution in [0.2, 0.25) is 5.02 Å². The van der Waals surface area contributed by atoms with E-state index in [9.17, 15) is 14.4 Å². The van der Waals surface area contributed by atoms with Crippen LogP contribution in [0.25, 0.3) is 0 Å². The van der Waals surface area contributed by atoms with Gasteiger partial charge in [-0.25, -0.2) is 0 Å². The van der Waals surface area contributed by atoms with E-state index in [2.05, 4.69) is 5.32 Å². The molecule has 0 spiro atoms. The minimum atomic E-state index is -0.934. The molecule has 0 fully saturated rings. The average molecular weight is 343 g/mol. The molecule has 0 saturated carbocycles. The molecule has 122 valence electrons. The third kappa shape index (κ3) is 2.67. The summed E-state index contributed by atoms with van der Waals surface area (Å²) in [4.78, 5) is 38.4. The van der Waals surface area contributed by atoms with E-state index in [1.165, 1.54) is 6.92 Å². The van der Waals surface area contributed by atoms with Crippen molar-refractivity contribution in [2.45, 2.75) is 19.9 Å². The van der Waals surface area contributed by atoms with Crippen molar-refractivity contribution in [1.82, 2.24) is 4.90 Å². The molecule has 0 radical (unpaired) electrons. The van der Waals surface area contributed by atoms with Crippen molar-refractivity contribution < 1.29 is 14.4 Å². The van der Waals surface area contributed by atoms with Crippen molar-refractivity contribution in [3.63, 3.8) is 0 Å². The number of nitrogens with one attached hydrogen (secondary N) is 1. The van der Waals surface area contributed by atoms with Gasteiger partial charge in [-0.2, -0.15) is 0 Å². The molecule has 1 aliphatic rings. The maximum atomic E-state index is 12.5. The number of benzene rings is 2. The number of fused-ring (bicyclic) bond motifs is 1. The molecule has 3 amide bonds. The summed E-state index contributed by atoms with van der Waals surface area (Å²) in [6.45, 7) is 3.36. The Morgan fingerprint density at radius 2 is 1.67 bits per heavy atom. The minimum Gasteiger partial charge on any atom is -0.324 e. The standard InChI is InChI=1S/C18H15ClN2O3/c1-10-7-8-12(19)9-15(10)20-16(22)11(2)21-17(23)13-5-3-4-6-14(13)18(21)24/h3-9,11H,1-2H3,(H,20,22)/t11-/m0/s1. The summed E-state index contributed by atoms with van der Waals surface area (Å²) in [6, 6.07) is 10.7. The van der Waals surface area contributed by atoms with Crippen LogP contribution in [-0.4, -0.2) is 28.7 Å². The molecule has 6 heteroatoms. The second-order valence-corrected chi connectivity index (χ2v) is 6.09. The van der Waals surface area contributed by atoms with E-state index in [1.807, 2.05) is 6.92 Å². The third-order valence-corrected chi connectivity index (χ3v) is 4.28. The summed E-state index contributed by atoms with van der Waals surface area (Å²) in [5.74, 6) is -1.36. The number of anilines is 1. The Labute approximate surface area is 144 Å². The predicted octanol–water partition coefficient (Wildman–Crippen LogP) is 3.27. The highest BCUT2D eigenvalue weighted by atomic mass is 35.5. The van der Waals surface area contributed by atoms with Crippen LogP contribution in [-0.2, 0) is 4.79 Å². The SMILES string of the molecule is Cc1ccc(Cl)cc1NC(=O)[C@H](C)N1C(=O)c2ccccc2C1=O. The van der Waals surface area contributed by atoms with E-state index >= 15 is 0 Å². The zero-order valence-corrected chi connectivity index (χ0v) is 13.9. The summed E-state index contributed by atoms with van der Waals surface area (Å²) in [7, 11) is 0. The second-order valence-electron chi connectivity index (χ2n) is 5.65. The number of carbonyl (C=O) groups is 3. The number of halogens is 1. The average Bonchev–Trinajstić information content (AvgIpc) is 2.82. The molecule has 1 aliphatic heterocycles. The normalized spacial score (nSPS) is 14.5. The van der Waals surface area contributed by atoms with Crippen molar-refractivity contribution >= 4 is 35.0 Å². The van der Waals surface area contributed by atoms with E-state index in [0.29, 0.717) is 21.8 Å². The number of imide groups is 1. The summed E-state index contributed by atoms with van der Waals surface area (Å²) in [6.07, 6.45) is 0. The fraction of sp³-hybridized carbons (Fsp3) is 0.167. The molecule has 0 aliphatic carbocycles. The molecule has 1 heterocycles. The van der Waals surface area contributed by atoms with Crippen LogP contribution >= 0.6 is 11.6 Å². The molecule has 0 aromatic heterocycles. The van der Waals surface area contributed by atoms with Gasteiger partial charge in [-0.15, -0.1) is 0 Å². The third-order valence-electron chi connectivity index (χ3n) is 4.05. The van der Waals surface area contributed by atoms with Crippen molar-refractivity contribution in [1.29, 1.82) is 0 Å². The molecule has 24 heavy (non-hydrogen) atoms. The van der Waals surface area contributed by atoms with Gasteiger partial charge >= 0.3 is 0 Å². The van der Waals surface area contributed by atoms with Gasteiger partial charge in [-0.1, -0.05) is 29.8 Å². The zero-order chi connectivity index (χ0) is 17.4. The van der Waals surface area contributed by atoms with E-state index in [-0.39, 0.29) is 0 Å². The van der Waals surface area contributed by atoms with Crippen LogP contribution in [0.1, 0.15) is 33.2 Å². The number of hydrogen-bond acceptors (Lipinski definition) is 3. The molecule has 5 nitrogen and oxygen atoms in total. The van der Waals surface area contributed by atoms with Crippen molar-refractivity contribution in [3.05, 3.63) is 64.2 Å². The van der Waals surface area contributed by atoms with Crippen LogP contribution in [0.5, 0.6) is 0 Å². The Hall–Kier alpha value is -2.66. The molecular weight excluding hydrogens is 328 g/mol. The van der Waals surface area contributed by atoms with Gasteiger partial charge in [-0.05, 0) is 43.7 Å². The van der Waals surface area contributed by atoms with Gasteiger partial charge in [-0.3, -0.25) is 19.3 Å². The van der Waals surface area contributed by atoms with Gasteiger partial charge < -0.3 is 5.32 Å². The summed E-state index contributed by atoms with van der Waals surface area (Å²) < 4.78 is 0. The van der Waals surface area contributed by atoms with Crippen molar-refractivity contribution in [2.75, 3.05) is 5.32 Å². The highest BCUT2D eigenvalue weighted by Gasteiger charge is 2.40. The molecule has 0 unspecified atom stereocenters. The van der Waals surface area contributed by atoms with E-state index in [0.717, 1.165) is 10.5 Å². The number of hydrogen-bond donors (Lipinski definition) is 1. The van der Waals surface area contributed by atoms with Crippen molar-refractivity contribution in [2.24, 2.45) is 0 Å². The zero-order valence-electron chi connectivity index (χ0n) is 13.2. The lowest BCUT2D eigenvalue weighted by atomic mass is 10.1. The first-order valence-corrected chi connectivity index (χ1v) is 7.82. The molecule has 1 N–H and O–H groups in total. The minimum absolute atomic E-state index is 0.320. The molecular formula is C18H15ClN2O3. The lowest BCUT2D eigenvalue weighted by Gasteiger charge is -2.22. The van der Waals surface area contributed by atoms with Crippen molar-refractivity contribution in [3.8, 4) is 0 Å². The number of nitrogens with zero attached hydrogens (tertiary/aromatic N) is 1. The molecule has 0 bridgehead atoms. The van der Waals surface area contributed by atoms with Gasteiger partial charge in [0.25, 0.3) is 11.8 Å². The molecule has 2 aromatic carbocycles. The summed E-state index contributed by atoms with van der Waals surface area (Å²) in [5, 5.41) is 3.22. The highest BCUT2D eigenvalue weighted by Crippen LogP contribution is 2.26. The molecule has 1 atom stereocenters. The van der Waals surface area contributed by atoms with Gasteiger partial charge in [0.15, 0.2) is 0 Å². The van der Waals surface area contributed by atoms with Crippen LogP contribution in [0.4, 0.5) is 5.69 Å².